The monoisotopic (exact) mass is 192 g/mol. The van der Waals surface area contributed by atoms with E-state index in [0.29, 0.717) is 23.1 Å². The van der Waals surface area contributed by atoms with Crippen molar-refractivity contribution >= 4 is 22.7 Å². The van der Waals surface area contributed by atoms with E-state index >= 15 is 0 Å². The summed E-state index contributed by atoms with van der Waals surface area (Å²) in [5.41, 5.74) is 19.9. The molecular formula is C10H16N4. The van der Waals surface area contributed by atoms with Crippen LogP contribution in [0.1, 0.15) is 19.3 Å². The van der Waals surface area contributed by atoms with Crippen LogP contribution in [0.5, 0.6) is 0 Å². The summed E-state index contributed by atoms with van der Waals surface area (Å²) < 4.78 is 0. The molecule has 0 unspecified atom stereocenters. The zero-order chi connectivity index (χ0) is 10.1. The number of nitrogens with one attached hydrogen (secondary N) is 1. The molecule has 1 fully saturated rings. The fraction of sp³-hybridized carbons (Fsp3) is 0.400. The molecule has 0 atom stereocenters. The standard InChI is InChI=1S/C10H16N4/c11-7-4-9(13)10(5-8(7)12)14-6-2-1-3-6/h4-6,14H,1-3,11-13H2. The number of benzene rings is 1. The van der Waals surface area contributed by atoms with Gasteiger partial charge in [-0.15, -0.1) is 0 Å². The largest absolute Gasteiger partial charge is 0.397 e. The van der Waals surface area contributed by atoms with E-state index in [-0.39, 0.29) is 0 Å². The van der Waals surface area contributed by atoms with Gasteiger partial charge in [0.1, 0.15) is 0 Å². The van der Waals surface area contributed by atoms with Crippen molar-refractivity contribution < 1.29 is 0 Å². The van der Waals surface area contributed by atoms with Crippen LogP contribution in [-0.4, -0.2) is 6.04 Å². The van der Waals surface area contributed by atoms with E-state index in [1.165, 1.54) is 19.3 Å². The third-order valence-electron chi connectivity index (χ3n) is 2.72. The van der Waals surface area contributed by atoms with Gasteiger partial charge in [0.15, 0.2) is 0 Å². The minimum atomic E-state index is 0.543. The lowest BCUT2D eigenvalue weighted by Gasteiger charge is -2.28. The topological polar surface area (TPSA) is 90.1 Å². The molecule has 1 saturated carbocycles. The normalized spacial score (nSPS) is 16.3. The Labute approximate surface area is 83.5 Å². The molecule has 1 aromatic rings. The second kappa shape index (κ2) is 3.29. The summed E-state index contributed by atoms with van der Waals surface area (Å²) in [6, 6.07) is 4.07. The maximum Gasteiger partial charge on any atom is 0.0598 e. The summed E-state index contributed by atoms with van der Waals surface area (Å²) in [5.74, 6) is 0. The molecule has 1 aliphatic rings. The third-order valence-corrected chi connectivity index (χ3v) is 2.72. The maximum absolute atomic E-state index is 5.82. The molecule has 0 bridgehead atoms. The number of anilines is 4. The Balaban J connectivity index is 2.19. The van der Waals surface area contributed by atoms with Crippen molar-refractivity contribution in [3.63, 3.8) is 0 Å². The quantitative estimate of drug-likeness (QED) is 0.533. The highest BCUT2D eigenvalue weighted by Gasteiger charge is 2.17. The van der Waals surface area contributed by atoms with Gasteiger partial charge in [0.05, 0.1) is 22.7 Å². The summed E-state index contributed by atoms with van der Waals surface area (Å²) in [4.78, 5) is 0. The molecule has 4 heteroatoms. The van der Waals surface area contributed by atoms with Gasteiger partial charge in [0, 0.05) is 6.04 Å². The van der Waals surface area contributed by atoms with Crippen molar-refractivity contribution in [1.82, 2.24) is 0 Å². The summed E-state index contributed by atoms with van der Waals surface area (Å²) in [5, 5.41) is 3.35. The molecule has 0 amide bonds. The van der Waals surface area contributed by atoms with E-state index in [4.69, 9.17) is 17.2 Å². The van der Waals surface area contributed by atoms with Gasteiger partial charge in [-0.2, -0.15) is 0 Å². The third kappa shape index (κ3) is 1.55. The Morgan fingerprint density at radius 2 is 1.64 bits per heavy atom. The second-order valence-electron chi connectivity index (χ2n) is 3.84. The van der Waals surface area contributed by atoms with Crippen molar-refractivity contribution in [3.05, 3.63) is 12.1 Å². The molecule has 0 aromatic heterocycles. The van der Waals surface area contributed by atoms with Crippen molar-refractivity contribution in [2.75, 3.05) is 22.5 Å². The first-order chi connectivity index (χ1) is 6.66. The Morgan fingerprint density at radius 1 is 1.00 bits per heavy atom. The minimum Gasteiger partial charge on any atom is -0.397 e. The minimum absolute atomic E-state index is 0.543. The Bertz CT molecular complexity index is 344. The number of nitrogen functional groups attached to an aromatic ring is 3. The summed E-state index contributed by atoms with van der Waals surface area (Å²) >= 11 is 0. The van der Waals surface area contributed by atoms with Crippen molar-refractivity contribution in [1.29, 1.82) is 0 Å². The van der Waals surface area contributed by atoms with Gasteiger partial charge in [0.2, 0.25) is 0 Å². The number of hydrogen-bond donors (Lipinski definition) is 4. The molecule has 1 aromatic carbocycles. The van der Waals surface area contributed by atoms with Gasteiger partial charge in [0.25, 0.3) is 0 Å². The average molecular weight is 192 g/mol. The highest BCUT2D eigenvalue weighted by molar-refractivity contribution is 5.80. The first-order valence-corrected chi connectivity index (χ1v) is 4.88. The molecule has 1 aliphatic carbocycles. The molecular weight excluding hydrogens is 176 g/mol. The van der Waals surface area contributed by atoms with Crippen LogP contribution in [0, 0.1) is 0 Å². The van der Waals surface area contributed by atoms with Gasteiger partial charge in [-0.05, 0) is 31.4 Å². The van der Waals surface area contributed by atoms with E-state index in [1.807, 2.05) is 6.07 Å². The van der Waals surface area contributed by atoms with Crippen molar-refractivity contribution in [2.24, 2.45) is 0 Å². The molecule has 0 heterocycles. The van der Waals surface area contributed by atoms with Gasteiger partial charge >= 0.3 is 0 Å². The predicted molar refractivity (Wildman–Crippen MR) is 60.9 cm³/mol. The van der Waals surface area contributed by atoms with Crippen molar-refractivity contribution in [2.45, 2.75) is 25.3 Å². The molecule has 2 rings (SSSR count). The Kier molecular flexibility index (Phi) is 2.11. The van der Waals surface area contributed by atoms with E-state index in [0.717, 1.165) is 5.69 Å². The first-order valence-electron chi connectivity index (χ1n) is 4.88. The van der Waals surface area contributed by atoms with Crippen LogP contribution < -0.4 is 22.5 Å². The Hall–Kier alpha value is -1.58. The lowest BCUT2D eigenvalue weighted by Crippen LogP contribution is -2.27. The first kappa shape index (κ1) is 8.99. The van der Waals surface area contributed by atoms with Crippen LogP contribution in [0.4, 0.5) is 22.7 Å². The van der Waals surface area contributed by atoms with Crippen LogP contribution >= 0.6 is 0 Å². The smallest absolute Gasteiger partial charge is 0.0598 e. The fourth-order valence-electron chi connectivity index (χ4n) is 1.55. The second-order valence-corrected chi connectivity index (χ2v) is 3.84. The molecule has 0 radical (unpaired) electrons. The van der Waals surface area contributed by atoms with E-state index in [2.05, 4.69) is 5.32 Å². The zero-order valence-corrected chi connectivity index (χ0v) is 8.09. The predicted octanol–water partition coefficient (Wildman–Crippen LogP) is 1.40. The molecule has 14 heavy (non-hydrogen) atoms. The van der Waals surface area contributed by atoms with Crippen LogP contribution in [0.15, 0.2) is 12.1 Å². The van der Waals surface area contributed by atoms with E-state index < -0.39 is 0 Å². The maximum atomic E-state index is 5.82. The number of rotatable bonds is 2. The lowest BCUT2D eigenvalue weighted by atomic mass is 9.93. The molecule has 0 aliphatic heterocycles. The zero-order valence-electron chi connectivity index (χ0n) is 8.09. The van der Waals surface area contributed by atoms with Crippen LogP contribution in [0.25, 0.3) is 0 Å². The lowest BCUT2D eigenvalue weighted by molar-refractivity contribution is 0.446. The van der Waals surface area contributed by atoms with Crippen LogP contribution in [0.2, 0.25) is 0 Å². The molecule has 76 valence electrons. The molecule has 0 spiro atoms. The van der Waals surface area contributed by atoms with Gasteiger partial charge in [-0.1, -0.05) is 0 Å². The van der Waals surface area contributed by atoms with Crippen molar-refractivity contribution in [3.8, 4) is 0 Å². The molecule has 0 saturated heterocycles. The van der Waals surface area contributed by atoms with Crippen LogP contribution in [-0.2, 0) is 0 Å². The molecule has 4 nitrogen and oxygen atoms in total. The highest BCUT2D eigenvalue weighted by Crippen LogP contribution is 2.30. The van der Waals surface area contributed by atoms with Gasteiger partial charge < -0.3 is 22.5 Å². The van der Waals surface area contributed by atoms with Crippen LogP contribution in [0.3, 0.4) is 0 Å². The van der Waals surface area contributed by atoms with E-state index in [9.17, 15) is 0 Å². The summed E-state index contributed by atoms with van der Waals surface area (Å²) in [6.45, 7) is 0. The Morgan fingerprint density at radius 3 is 2.21 bits per heavy atom. The SMILES string of the molecule is Nc1cc(N)c(NC2CCC2)cc1N. The van der Waals surface area contributed by atoms with Gasteiger partial charge in [-0.25, -0.2) is 0 Å². The summed E-state index contributed by atoms with van der Waals surface area (Å²) in [6.07, 6.45) is 3.72. The fourth-order valence-corrected chi connectivity index (χ4v) is 1.55. The number of nitrogens with two attached hydrogens (primary N) is 3. The molecule has 7 N–H and O–H groups in total. The summed E-state index contributed by atoms with van der Waals surface area (Å²) in [7, 11) is 0. The highest BCUT2D eigenvalue weighted by atomic mass is 14.9. The average Bonchev–Trinajstić information content (AvgIpc) is 2.06. The number of hydrogen-bond acceptors (Lipinski definition) is 4. The van der Waals surface area contributed by atoms with Gasteiger partial charge in [-0.3, -0.25) is 0 Å². The van der Waals surface area contributed by atoms with E-state index in [1.54, 1.807) is 6.07 Å².